The molecule has 6 heteroatoms. The maximum atomic E-state index is 13.1. The maximum absolute atomic E-state index is 13.1. The second kappa shape index (κ2) is 5.58. The molecule has 0 spiro atoms. The number of benzene rings is 1. The van der Waals surface area contributed by atoms with Crippen LogP contribution in [0.2, 0.25) is 0 Å². The van der Waals surface area contributed by atoms with Crippen LogP contribution in [-0.4, -0.2) is 22.0 Å². The van der Waals surface area contributed by atoms with Gasteiger partial charge >= 0.3 is 0 Å². The molecule has 0 amide bonds. The molecule has 0 aliphatic heterocycles. The average molecular weight is 313 g/mol. The lowest BCUT2D eigenvalue weighted by Crippen LogP contribution is -2.19. The lowest BCUT2D eigenvalue weighted by atomic mass is 10.0. The van der Waals surface area contributed by atoms with Crippen LogP contribution >= 0.6 is 15.9 Å². The SMILES string of the molecule is CNC(Cc1cn(C)nn1)c1ccc(F)cc1Br. The van der Waals surface area contributed by atoms with Crippen LogP contribution in [0.25, 0.3) is 0 Å². The molecule has 1 atom stereocenters. The van der Waals surface area contributed by atoms with E-state index < -0.39 is 0 Å². The van der Waals surface area contributed by atoms with Crippen LogP contribution < -0.4 is 5.32 Å². The fourth-order valence-corrected chi connectivity index (χ4v) is 2.48. The van der Waals surface area contributed by atoms with E-state index >= 15 is 0 Å². The van der Waals surface area contributed by atoms with Gasteiger partial charge in [0.25, 0.3) is 0 Å². The summed E-state index contributed by atoms with van der Waals surface area (Å²) in [7, 11) is 3.70. The van der Waals surface area contributed by atoms with Gasteiger partial charge in [0.05, 0.1) is 5.69 Å². The molecule has 1 N–H and O–H groups in total. The molecule has 2 aromatic rings. The zero-order chi connectivity index (χ0) is 13.1. The van der Waals surface area contributed by atoms with Gasteiger partial charge in [-0.3, -0.25) is 4.68 Å². The maximum Gasteiger partial charge on any atom is 0.124 e. The number of nitrogens with zero attached hydrogens (tertiary/aromatic N) is 3. The summed E-state index contributed by atoms with van der Waals surface area (Å²) in [5.74, 6) is -0.250. The minimum atomic E-state index is -0.250. The van der Waals surface area contributed by atoms with E-state index in [9.17, 15) is 4.39 Å². The topological polar surface area (TPSA) is 42.7 Å². The van der Waals surface area contributed by atoms with Crippen molar-refractivity contribution in [1.82, 2.24) is 20.3 Å². The first-order valence-corrected chi connectivity index (χ1v) is 6.37. The predicted molar refractivity (Wildman–Crippen MR) is 70.6 cm³/mol. The van der Waals surface area contributed by atoms with Crippen molar-refractivity contribution in [3.63, 3.8) is 0 Å². The van der Waals surface area contributed by atoms with E-state index in [-0.39, 0.29) is 11.9 Å². The van der Waals surface area contributed by atoms with Crippen LogP contribution in [-0.2, 0) is 13.5 Å². The molecule has 0 aliphatic carbocycles. The molecule has 0 radical (unpaired) electrons. The Balaban J connectivity index is 2.22. The van der Waals surface area contributed by atoms with Crippen molar-refractivity contribution in [3.05, 3.63) is 45.9 Å². The number of aryl methyl sites for hydroxylation is 1. The number of likely N-dealkylation sites (N-methyl/N-ethyl adjacent to an activating group) is 1. The van der Waals surface area contributed by atoms with Gasteiger partial charge in [0.2, 0.25) is 0 Å². The highest BCUT2D eigenvalue weighted by molar-refractivity contribution is 9.10. The molecular weight excluding hydrogens is 299 g/mol. The van der Waals surface area contributed by atoms with Crippen LogP contribution in [0, 0.1) is 5.82 Å². The van der Waals surface area contributed by atoms with Crippen molar-refractivity contribution in [3.8, 4) is 0 Å². The van der Waals surface area contributed by atoms with Gasteiger partial charge < -0.3 is 5.32 Å². The van der Waals surface area contributed by atoms with Gasteiger partial charge in [0, 0.05) is 30.2 Å². The molecule has 1 aromatic carbocycles. The van der Waals surface area contributed by atoms with E-state index in [1.165, 1.54) is 12.1 Å². The van der Waals surface area contributed by atoms with Crippen LogP contribution in [0.3, 0.4) is 0 Å². The van der Waals surface area contributed by atoms with E-state index in [2.05, 4.69) is 31.6 Å². The Bertz CT molecular complexity index is 541. The van der Waals surface area contributed by atoms with Crippen LogP contribution in [0.5, 0.6) is 0 Å². The number of nitrogens with one attached hydrogen (secondary N) is 1. The Labute approximate surface area is 113 Å². The van der Waals surface area contributed by atoms with Gasteiger partial charge in [-0.15, -0.1) is 5.10 Å². The fraction of sp³-hybridized carbons (Fsp3) is 0.333. The summed E-state index contributed by atoms with van der Waals surface area (Å²) in [6, 6.07) is 4.77. The van der Waals surface area contributed by atoms with Gasteiger partial charge in [-0.1, -0.05) is 27.2 Å². The molecule has 1 aromatic heterocycles. The van der Waals surface area contributed by atoms with Gasteiger partial charge in [-0.05, 0) is 24.7 Å². The second-order valence-corrected chi connectivity index (χ2v) is 4.95. The molecule has 0 saturated carbocycles. The first kappa shape index (κ1) is 13.2. The Kier molecular flexibility index (Phi) is 4.08. The molecule has 1 unspecified atom stereocenters. The summed E-state index contributed by atoms with van der Waals surface area (Å²) in [6.45, 7) is 0. The van der Waals surface area contributed by atoms with Crippen molar-refractivity contribution >= 4 is 15.9 Å². The summed E-state index contributed by atoms with van der Waals surface area (Å²) < 4.78 is 15.5. The van der Waals surface area contributed by atoms with Gasteiger partial charge in [-0.25, -0.2) is 4.39 Å². The summed E-state index contributed by atoms with van der Waals surface area (Å²) in [6.07, 6.45) is 2.58. The van der Waals surface area contributed by atoms with E-state index in [1.807, 2.05) is 20.3 Å². The minimum absolute atomic E-state index is 0.0664. The van der Waals surface area contributed by atoms with Crippen LogP contribution in [0.4, 0.5) is 4.39 Å². The summed E-state index contributed by atoms with van der Waals surface area (Å²) in [5.41, 5.74) is 1.90. The summed E-state index contributed by atoms with van der Waals surface area (Å²) >= 11 is 3.39. The number of hydrogen-bond acceptors (Lipinski definition) is 3. The molecular formula is C12H14BrFN4. The number of rotatable bonds is 4. The molecule has 0 fully saturated rings. The summed E-state index contributed by atoms with van der Waals surface area (Å²) in [5, 5.41) is 11.2. The zero-order valence-electron chi connectivity index (χ0n) is 10.2. The van der Waals surface area contributed by atoms with Crippen molar-refractivity contribution in [1.29, 1.82) is 0 Å². The predicted octanol–water partition coefficient (Wildman–Crippen LogP) is 2.22. The standard InChI is InChI=1S/C12H14BrFN4/c1-15-12(6-9-7-18(2)17-16-9)10-4-3-8(14)5-11(10)13/h3-5,7,12,15H,6H2,1-2H3. The smallest absolute Gasteiger partial charge is 0.124 e. The average Bonchev–Trinajstić information content (AvgIpc) is 2.72. The molecule has 4 nitrogen and oxygen atoms in total. The van der Waals surface area contributed by atoms with E-state index in [1.54, 1.807) is 10.7 Å². The molecule has 2 rings (SSSR count). The molecule has 1 heterocycles. The molecule has 0 saturated heterocycles. The largest absolute Gasteiger partial charge is 0.313 e. The molecule has 0 aliphatic rings. The fourth-order valence-electron chi connectivity index (χ4n) is 1.85. The number of halogens is 2. The van der Waals surface area contributed by atoms with Gasteiger partial charge in [0.15, 0.2) is 0 Å². The van der Waals surface area contributed by atoms with Crippen molar-refractivity contribution in [2.75, 3.05) is 7.05 Å². The highest BCUT2D eigenvalue weighted by Gasteiger charge is 2.15. The zero-order valence-corrected chi connectivity index (χ0v) is 11.8. The van der Waals surface area contributed by atoms with Gasteiger partial charge in [0.1, 0.15) is 5.82 Å². The monoisotopic (exact) mass is 312 g/mol. The first-order chi connectivity index (χ1) is 8.60. The Hall–Kier alpha value is -1.27. The normalized spacial score (nSPS) is 12.7. The van der Waals surface area contributed by atoms with Crippen molar-refractivity contribution < 1.29 is 4.39 Å². The van der Waals surface area contributed by atoms with E-state index in [4.69, 9.17) is 0 Å². The highest BCUT2D eigenvalue weighted by atomic mass is 79.9. The van der Waals surface area contributed by atoms with Crippen LogP contribution in [0.1, 0.15) is 17.3 Å². The third-order valence-electron chi connectivity index (χ3n) is 2.75. The quantitative estimate of drug-likeness (QED) is 0.941. The Morgan fingerprint density at radius 2 is 2.28 bits per heavy atom. The van der Waals surface area contributed by atoms with Crippen molar-refractivity contribution in [2.45, 2.75) is 12.5 Å². The lowest BCUT2D eigenvalue weighted by Gasteiger charge is -2.16. The van der Waals surface area contributed by atoms with Crippen molar-refractivity contribution in [2.24, 2.45) is 7.05 Å². The third-order valence-corrected chi connectivity index (χ3v) is 3.44. The molecule has 96 valence electrons. The lowest BCUT2D eigenvalue weighted by molar-refractivity contribution is 0.575. The molecule has 0 bridgehead atoms. The third kappa shape index (κ3) is 2.94. The Morgan fingerprint density at radius 3 is 2.83 bits per heavy atom. The second-order valence-electron chi connectivity index (χ2n) is 4.09. The molecule has 18 heavy (non-hydrogen) atoms. The number of aromatic nitrogens is 3. The Morgan fingerprint density at radius 1 is 1.50 bits per heavy atom. The van der Waals surface area contributed by atoms with Crippen LogP contribution in [0.15, 0.2) is 28.9 Å². The van der Waals surface area contributed by atoms with E-state index in [0.29, 0.717) is 6.42 Å². The summed E-state index contributed by atoms with van der Waals surface area (Å²) in [4.78, 5) is 0. The first-order valence-electron chi connectivity index (χ1n) is 5.57. The van der Waals surface area contributed by atoms with Gasteiger partial charge in [-0.2, -0.15) is 0 Å². The highest BCUT2D eigenvalue weighted by Crippen LogP contribution is 2.26. The minimum Gasteiger partial charge on any atom is -0.313 e. The number of hydrogen-bond donors (Lipinski definition) is 1. The van der Waals surface area contributed by atoms with E-state index in [0.717, 1.165) is 15.7 Å².